The Morgan fingerprint density at radius 2 is 1.63 bits per heavy atom. The van der Waals surface area contributed by atoms with E-state index < -0.39 is 12.3 Å². The minimum Gasteiger partial charge on any atom is -0.481 e. The Morgan fingerprint density at radius 1 is 0.907 bits per heavy atom. The number of aromatic nitrogens is 1. The summed E-state index contributed by atoms with van der Waals surface area (Å²) in [7, 11) is 0. The Balaban J connectivity index is 1.20. The first-order valence-corrected chi connectivity index (χ1v) is 16.4. The number of carbonyl (C=O) groups excluding carboxylic acids is 1. The summed E-state index contributed by atoms with van der Waals surface area (Å²) in [5.74, 6) is -0.110. The maximum Gasteiger partial charge on any atom is 0.303 e. The van der Waals surface area contributed by atoms with Crippen molar-refractivity contribution in [2.75, 3.05) is 11.1 Å². The van der Waals surface area contributed by atoms with Gasteiger partial charge >= 0.3 is 5.97 Å². The van der Waals surface area contributed by atoms with Gasteiger partial charge in [0.05, 0.1) is 29.0 Å². The number of anilines is 1. The van der Waals surface area contributed by atoms with Gasteiger partial charge in [-0.2, -0.15) is 0 Å². The van der Waals surface area contributed by atoms with Crippen LogP contribution in [-0.2, 0) is 25.7 Å². The average Bonchev–Trinajstić information content (AvgIpc) is 3.45. The molecule has 10 heteroatoms. The lowest BCUT2D eigenvalue weighted by molar-refractivity contribution is -0.245. The topological polar surface area (TPSA) is 118 Å². The lowest BCUT2D eigenvalue weighted by atomic mass is 10.0. The minimum absolute atomic E-state index is 0.00531. The van der Waals surface area contributed by atoms with Gasteiger partial charge in [-0.3, -0.25) is 9.59 Å². The molecular formula is C33H36N2O6S2. The summed E-state index contributed by atoms with van der Waals surface area (Å²) in [6.07, 6.45) is 3.44. The number of thioether (sulfide) groups is 1. The Hall–Kier alpha value is -3.28. The number of nitrogens with one attached hydrogen (secondary N) is 1. The quantitative estimate of drug-likeness (QED) is 0.0981. The SMILES string of the molecule is O=C(O)CCCCCCC(=O)Nc1ccc([C@@H]2O[C@H](CSc3nc4ccccc4s3)C[C@H](c3ccc(CO)cc3)O2)cc1. The number of rotatable bonds is 14. The van der Waals surface area contributed by atoms with Gasteiger partial charge in [-0.15, -0.1) is 11.3 Å². The van der Waals surface area contributed by atoms with Crippen molar-refractivity contribution in [3.63, 3.8) is 0 Å². The van der Waals surface area contributed by atoms with Gasteiger partial charge in [0.1, 0.15) is 0 Å². The molecule has 3 aromatic carbocycles. The van der Waals surface area contributed by atoms with Crippen molar-refractivity contribution < 1.29 is 29.3 Å². The van der Waals surface area contributed by atoms with E-state index in [1.54, 1.807) is 23.1 Å². The molecule has 1 aliphatic heterocycles. The predicted molar refractivity (Wildman–Crippen MR) is 169 cm³/mol. The van der Waals surface area contributed by atoms with Gasteiger partial charge in [0, 0.05) is 36.3 Å². The summed E-state index contributed by atoms with van der Waals surface area (Å²) in [5, 5.41) is 21.1. The molecule has 0 bridgehead atoms. The number of carboxylic acids is 1. The standard InChI is InChI=1S/C33H36N2O6S2/c36-20-22-11-13-23(14-12-22)28-19-26(21-42-33-35-27-7-5-6-8-29(27)43-33)40-32(41-28)24-15-17-25(18-16-24)34-30(37)9-3-1-2-4-10-31(38)39/h5-8,11-18,26,28,32,36H,1-4,9-10,19-21H2,(H,34,37)(H,38,39)/t26-,28+,32+/m0/s1. The molecule has 0 radical (unpaired) electrons. The van der Waals surface area contributed by atoms with E-state index in [1.165, 1.54) is 4.70 Å². The van der Waals surface area contributed by atoms with Crippen molar-refractivity contribution in [3.8, 4) is 0 Å². The van der Waals surface area contributed by atoms with Crippen LogP contribution in [0.2, 0.25) is 0 Å². The van der Waals surface area contributed by atoms with E-state index in [9.17, 15) is 14.7 Å². The number of unbranched alkanes of at least 4 members (excludes halogenated alkanes) is 3. The van der Waals surface area contributed by atoms with Crippen molar-refractivity contribution in [3.05, 3.63) is 89.5 Å². The number of para-hydroxylation sites is 1. The summed E-state index contributed by atoms with van der Waals surface area (Å²) in [4.78, 5) is 27.8. The minimum atomic E-state index is -0.781. The zero-order valence-corrected chi connectivity index (χ0v) is 25.4. The molecule has 8 nitrogen and oxygen atoms in total. The van der Waals surface area contributed by atoms with Crippen molar-refractivity contribution in [2.24, 2.45) is 0 Å². The molecular weight excluding hydrogens is 585 g/mol. The number of benzene rings is 3. The zero-order chi connectivity index (χ0) is 30.0. The monoisotopic (exact) mass is 620 g/mol. The first-order valence-electron chi connectivity index (χ1n) is 14.6. The molecule has 0 unspecified atom stereocenters. The molecule has 226 valence electrons. The van der Waals surface area contributed by atoms with Crippen molar-refractivity contribution in [2.45, 2.75) is 74.4 Å². The fourth-order valence-corrected chi connectivity index (χ4v) is 7.07. The number of fused-ring (bicyclic) bond motifs is 1. The molecule has 0 spiro atoms. The number of aliphatic carboxylic acids is 1. The maximum absolute atomic E-state index is 12.4. The summed E-state index contributed by atoms with van der Waals surface area (Å²) in [6.45, 7) is -0.00531. The van der Waals surface area contributed by atoms with Crippen LogP contribution in [0.1, 0.15) is 74.0 Å². The lowest BCUT2D eigenvalue weighted by Gasteiger charge is -2.36. The largest absolute Gasteiger partial charge is 0.481 e. The fraction of sp³-hybridized carbons (Fsp3) is 0.364. The third-order valence-electron chi connectivity index (χ3n) is 7.29. The number of thiazole rings is 1. The molecule has 1 amide bonds. The summed E-state index contributed by atoms with van der Waals surface area (Å²) in [5.41, 5.74) is 4.46. The number of aliphatic hydroxyl groups is 1. The molecule has 0 saturated carbocycles. The molecule has 43 heavy (non-hydrogen) atoms. The predicted octanol–water partition coefficient (Wildman–Crippen LogP) is 7.49. The Bertz CT molecular complexity index is 1460. The van der Waals surface area contributed by atoms with Crippen LogP contribution in [-0.4, -0.2) is 38.9 Å². The second kappa shape index (κ2) is 15.4. The van der Waals surface area contributed by atoms with E-state index >= 15 is 0 Å². The van der Waals surface area contributed by atoms with Crippen LogP contribution in [0, 0.1) is 0 Å². The molecule has 4 aromatic rings. The second-order valence-corrected chi connectivity index (χ2v) is 12.9. The maximum atomic E-state index is 12.4. The summed E-state index contributed by atoms with van der Waals surface area (Å²) in [6, 6.07) is 23.5. The number of carboxylic acid groups (broad SMARTS) is 1. The third-order valence-corrected chi connectivity index (χ3v) is 9.60. The number of ether oxygens (including phenoxy) is 2. The molecule has 1 fully saturated rings. The van der Waals surface area contributed by atoms with Crippen LogP contribution in [0.3, 0.4) is 0 Å². The lowest BCUT2D eigenvalue weighted by Crippen LogP contribution is -2.31. The molecule has 2 heterocycles. The zero-order valence-electron chi connectivity index (χ0n) is 23.8. The Morgan fingerprint density at radius 3 is 2.35 bits per heavy atom. The van der Waals surface area contributed by atoms with E-state index in [2.05, 4.69) is 11.4 Å². The van der Waals surface area contributed by atoms with Crippen LogP contribution < -0.4 is 5.32 Å². The van der Waals surface area contributed by atoms with Crippen molar-refractivity contribution >= 4 is 50.9 Å². The number of hydrogen-bond acceptors (Lipinski definition) is 8. The van der Waals surface area contributed by atoms with Crippen molar-refractivity contribution in [1.82, 2.24) is 4.98 Å². The highest BCUT2D eigenvalue weighted by Gasteiger charge is 2.32. The average molecular weight is 621 g/mol. The number of hydrogen-bond donors (Lipinski definition) is 3. The first kappa shape index (κ1) is 31.2. The van der Waals surface area contributed by atoms with E-state index in [4.69, 9.17) is 19.6 Å². The van der Waals surface area contributed by atoms with Crippen molar-refractivity contribution in [1.29, 1.82) is 0 Å². The molecule has 0 aliphatic carbocycles. The summed E-state index contributed by atoms with van der Waals surface area (Å²) >= 11 is 3.38. The summed E-state index contributed by atoms with van der Waals surface area (Å²) < 4.78 is 15.1. The van der Waals surface area contributed by atoms with Gasteiger partial charge < -0.3 is 25.0 Å². The van der Waals surface area contributed by atoms with Gasteiger partial charge in [0.25, 0.3) is 0 Å². The molecule has 1 aromatic heterocycles. The number of aliphatic hydroxyl groups excluding tert-OH is 1. The van der Waals surface area contributed by atoms with Crippen LogP contribution in [0.4, 0.5) is 5.69 Å². The number of amides is 1. The van der Waals surface area contributed by atoms with E-state index in [1.807, 2.05) is 66.7 Å². The highest BCUT2D eigenvalue weighted by molar-refractivity contribution is 8.01. The van der Waals surface area contributed by atoms with Crippen LogP contribution in [0.25, 0.3) is 10.2 Å². The van der Waals surface area contributed by atoms with E-state index in [0.717, 1.165) is 51.6 Å². The number of carbonyl (C=O) groups is 2. The molecule has 1 saturated heterocycles. The Kier molecular flexibility index (Phi) is 11.2. The van der Waals surface area contributed by atoms with Gasteiger partial charge in [0.2, 0.25) is 5.91 Å². The van der Waals surface area contributed by atoms with Crippen LogP contribution in [0.15, 0.2) is 77.1 Å². The molecule has 3 atom stereocenters. The fourth-order valence-electron chi connectivity index (χ4n) is 4.96. The first-order chi connectivity index (χ1) is 21.0. The normalized spacial score (nSPS) is 18.5. The van der Waals surface area contributed by atoms with E-state index in [0.29, 0.717) is 24.9 Å². The van der Waals surface area contributed by atoms with Crippen LogP contribution in [0.5, 0.6) is 0 Å². The van der Waals surface area contributed by atoms with E-state index in [-0.39, 0.29) is 31.1 Å². The highest BCUT2D eigenvalue weighted by atomic mass is 32.2. The van der Waals surface area contributed by atoms with Gasteiger partial charge in [-0.05, 0) is 48.2 Å². The van der Waals surface area contributed by atoms with Gasteiger partial charge in [-0.1, -0.05) is 73.1 Å². The Labute approximate surface area is 259 Å². The second-order valence-electron chi connectivity index (χ2n) is 10.6. The molecule has 3 N–H and O–H groups in total. The van der Waals surface area contributed by atoms with Gasteiger partial charge in [-0.25, -0.2) is 4.98 Å². The van der Waals surface area contributed by atoms with Gasteiger partial charge in [0.15, 0.2) is 10.6 Å². The molecule has 5 rings (SSSR count). The van der Waals surface area contributed by atoms with Crippen LogP contribution >= 0.6 is 23.1 Å². The highest BCUT2D eigenvalue weighted by Crippen LogP contribution is 2.40. The smallest absolute Gasteiger partial charge is 0.303 e. The molecule has 1 aliphatic rings. The third kappa shape index (κ3) is 9.11. The number of nitrogens with zero attached hydrogens (tertiary/aromatic N) is 1.